The van der Waals surface area contributed by atoms with Crippen LogP contribution in [-0.2, 0) is 33.3 Å². The van der Waals surface area contributed by atoms with Gasteiger partial charge in [-0.1, -0.05) is 0 Å². The van der Waals surface area contributed by atoms with E-state index >= 15 is 0 Å². The summed E-state index contributed by atoms with van der Waals surface area (Å²) in [5.41, 5.74) is 0. The molecule has 0 spiro atoms. The molecule has 0 aliphatic carbocycles. The fourth-order valence-corrected chi connectivity index (χ4v) is 2.13. The van der Waals surface area contributed by atoms with Crippen LogP contribution in [0.5, 0.6) is 0 Å². The maximum Gasteiger partial charge on any atom is 0.303 e. The van der Waals surface area contributed by atoms with Gasteiger partial charge in [0.05, 0.1) is 0 Å². The normalized spacial score (nSPS) is 31.8. The Kier molecular flexibility index (Phi) is 5.71. The van der Waals surface area contributed by atoms with Crippen LogP contribution in [-0.4, -0.2) is 56.9 Å². The second-order valence-corrected chi connectivity index (χ2v) is 4.29. The van der Waals surface area contributed by atoms with Gasteiger partial charge in [0.2, 0.25) is 0 Å². The van der Waals surface area contributed by atoms with Gasteiger partial charge in [0, 0.05) is 28.1 Å². The fourth-order valence-electron chi connectivity index (χ4n) is 2.13. The van der Waals surface area contributed by atoms with Crippen molar-refractivity contribution >= 4 is 11.9 Å². The smallest absolute Gasteiger partial charge is 0.303 e. The highest BCUT2D eigenvalue weighted by Crippen LogP contribution is 2.29. The van der Waals surface area contributed by atoms with Crippen molar-refractivity contribution in [1.29, 1.82) is 0 Å². The average molecular weight is 276 g/mol. The number of methoxy groups -OCH3 is 2. The van der Waals surface area contributed by atoms with E-state index in [0.29, 0.717) is 0 Å². The zero-order valence-corrected chi connectivity index (χ0v) is 11.7. The molecule has 1 aliphatic heterocycles. The summed E-state index contributed by atoms with van der Waals surface area (Å²) >= 11 is 0. The number of hydrogen-bond donors (Lipinski definition) is 0. The minimum absolute atomic E-state index is 0.421. The monoisotopic (exact) mass is 276 g/mol. The molecule has 0 aromatic heterocycles. The van der Waals surface area contributed by atoms with E-state index in [1.54, 1.807) is 6.92 Å². The second-order valence-electron chi connectivity index (χ2n) is 4.29. The highest BCUT2D eigenvalue weighted by Gasteiger charge is 2.50. The first-order chi connectivity index (χ1) is 8.90. The largest absolute Gasteiger partial charge is 0.460 e. The summed E-state index contributed by atoms with van der Waals surface area (Å²) in [7, 11) is 2.91. The number of carbonyl (C=O) groups excluding carboxylic acids is 2. The van der Waals surface area contributed by atoms with Crippen molar-refractivity contribution in [2.24, 2.45) is 0 Å². The first kappa shape index (κ1) is 15.9. The molecule has 1 saturated heterocycles. The summed E-state index contributed by atoms with van der Waals surface area (Å²) in [6, 6.07) is 0. The van der Waals surface area contributed by atoms with Crippen molar-refractivity contribution < 1.29 is 33.3 Å². The van der Waals surface area contributed by atoms with Crippen molar-refractivity contribution in [2.45, 2.75) is 51.5 Å². The molecule has 1 aliphatic rings. The van der Waals surface area contributed by atoms with Gasteiger partial charge in [-0.25, -0.2) is 0 Å². The lowest BCUT2D eigenvalue weighted by Crippen LogP contribution is -2.42. The first-order valence-electron chi connectivity index (χ1n) is 5.96. The van der Waals surface area contributed by atoms with E-state index in [-0.39, 0.29) is 0 Å². The lowest BCUT2D eigenvalue weighted by atomic mass is 10.1. The van der Waals surface area contributed by atoms with Gasteiger partial charge in [-0.3, -0.25) is 9.59 Å². The predicted molar refractivity (Wildman–Crippen MR) is 63.2 cm³/mol. The molecule has 0 aromatic rings. The van der Waals surface area contributed by atoms with Crippen LogP contribution in [0.25, 0.3) is 0 Å². The SMILES string of the molecule is COC1OC(C(C)OC(C)=O)C(OC)C1OC(C)=O. The molecule has 7 heteroatoms. The minimum Gasteiger partial charge on any atom is -0.460 e. The van der Waals surface area contributed by atoms with Crippen molar-refractivity contribution in [2.75, 3.05) is 14.2 Å². The van der Waals surface area contributed by atoms with Gasteiger partial charge in [0.25, 0.3) is 0 Å². The van der Waals surface area contributed by atoms with Gasteiger partial charge in [0.15, 0.2) is 12.4 Å². The zero-order valence-electron chi connectivity index (χ0n) is 11.7. The summed E-state index contributed by atoms with van der Waals surface area (Å²) in [6.45, 7) is 4.29. The lowest BCUT2D eigenvalue weighted by molar-refractivity contribution is -0.185. The third-order valence-electron chi connectivity index (χ3n) is 2.83. The van der Waals surface area contributed by atoms with E-state index in [0.717, 1.165) is 0 Å². The minimum atomic E-state index is -0.753. The molecule has 1 rings (SSSR count). The number of rotatable bonds is 5. The van der Waals surface area contributed by atoms with Gasteiger partial charge < -0.3 is 23.7 Å². The molecule has 0 bridgehead atoms. The van der Waals surface area contributed by atoms with Gasteiger partial charge in [-0.05, 0) is 6.92 Å². The van der Waals surface area contributed by atoms with Gasteiger partial charge in [-0.15, -0.1) is 0 Å². The predicted octanol–water partition coefficient (Wildman–Crippen LogP) is 0.256. The van der Waals surface area contributed by atoms with Gasteiger partial charge >= 0.3 is 11.9 Å². The summed E-state index contributed by atoms with van der Waals surface area (Å²) in [4.78, 5) is 22.1. The first-order valence-corrected chi connectivity index (χ1v) is 5.96. The molecule has 19 heavy (non-hydrogen) atoms. The highest BCUT2D eigenvalue weighted by molar-refractivity contribution is 5.66. The van der Waals surface area contributed by atoms with Crippen molar-refractivity contribution in [3.05, 3.63) is 0 Å². The van der Waals surface area contributed by atoms with E-state index in [4.69, 9.17) is 23.7 Å². The number of ether oxygens (including phenoxy) is 5. The third-order valence-corrected chi connectivity index (χ3v) is 2.83. The van der Waals surface area contributed by atoms with Gasteiger partial charge in [0.1, 0.15) is 18.3 Å². The van der Waals surface area contributed by atoms with Crippen LogP contribution in [0.1, 0.15) is 20.8 Å². The van der Waals surface area contributed by atoms with Crippen LogP contribution in [0, 0.1) is 0 Å². The third kappa shape index (κ3) is 3.89. The summed E-state index contributed by atoms with van der Waals surface area (Å²) < 4.78 is 26.2. The topological polar surface area (TPSA) is 80.3 Å². The molecule has 0 N–H and O–H groups in total. The van der Waals surface area contributed by atoms with Crippen LogP contribution in [0.4, 0.5) is 0 Å². The Morgan fingerprint density at radius 3 is 2.11 bits per heavy atom. The number of carbonyl (C=O) groups is 2. The van der Waals surface area contributed by atoms with Crippen LogP contribution >= 0.6 is 0 Å². The molecule has 1 heterocycles. The van der Waals surface area contributed by atoms with E-state index in [2.05, 4.69) is 0 Å². The molecule has 0 radical (unpaired) electrons. The Hall–Kier alpha value is -1.18. The highest BCUT2D eigenvalue weighted by atomic mass is 16.7. The zero-order chi connectivity index (χ0) is 14.6. The molecule has 5 atom stereocenters. The lowest BCUT2D eigenvalue weighted by Gasteiger charge is -2.24. The van der Waals surface area contributed by atoms with Crippen LogP contribution < -0.4 is 0 Å². The van der Waals surface area contributed by atoms with Crippen molar-refractivity contribution in [3.63, 3.8) is 0 Å². The van der Waals surface area contributed by atoms with Crippen LogP contribution in [0.2, 0.25) is 0 Å². The van der Waals surface area contributed by atoms with Crippen molar-refractivity contribution in [3.8, 4) is 0 Å². The Labute approximate surface area is 112 Å². The Balaban J connectivity index is 2.83. The standard InChI is InChI=1S/C12H20O7/c1-6(17-7(2)13)9-10(15-4)11(18-8(3)14)12(16-5)19-9/h6,9-12H,1-5H3. The molecule has 0 amide bonds. The average Bonchev–Trinajstić information content (AvgIpc) is 2.65. The fraction of sp³-hybridized carbons (Fsp3) is 0.833. The number of esters is 2. The summed E-state index contributed by atoms with van der Waals surface area (Å²) in [5, 5.41) is 0. The Morgan fingerprint density at radius 1 is 1.05 bits per heavy atom. The van der Waals surface area contributed by atoms with E-state index in [1.807, 2.05) is 0 Å². The van der Waals surface area contributed by atoms with Gasteiger partial charge in [-0.2, -0.15) is 0 Å². The molecule has 7 nitrogen and oxygen atoms in total. The maximum absolute atomic E-state index is 11.1. The second kappa shape index (κ2) is 6.83. The van der Waals surface area contributed by atoms with E-state index in [1.165, 1.54) is 28.1 Å². The summed E-state index contributed by atoms with van der Waals surface area (Å²) in [6.07, 6.45) is -3.13. The van der Waals surface area contributed by atoms with Crippen molar-refractivity contribution in [1.82, 2.24) is 0 Å². The van der Waals surface area contributed by atoms with Crippen LogP contribution in [0.3, 0.4) is 0 Å². The van der Waals surface area contributed by atoms with E-state index in [9.17, 15) is 9.59 Å². The molecule has 110 valence electrons. The summed E-state index contributed by atoms with van der Waals surface area (Å²) in [5.74, 6) is -0.880. The van der Waals surface area contributed by atoms with E-state index < -0.39 is 42.6 Å². The molecule has 0 aromatic carbocycles. The Morgan fingerprint density at radius 2 is 1.68 bits per heavy atom. The molecule has 5 unspecified atom stereocenters. The molecule has 0 saturated carbocycles. The number of hydrogen-bond acceptors (Lipinski definition) is 7. The quantitative estimate of drug-likeness (QED) is 0.666. The molecular formula is C12H20O7. The van der Waals surface area contributed by atoms with Crippen LogP contribution in [0.15, 0.2) is 0 Å². The molecule has 1 fully saturated rings. The Bertz CT molecular complexity index is 330. The molecular weight excluding hydrogens is 256 g/mol. The maximum atomic E-state index is 11.1.